The van der Waals surface area contributed by atoms with Crippen LogP contribution in [0.4, 0.5) is 11.4 Å². The molecule has 0 saturated heterocycles. The van der Waals surface area contributed by atoms with E-state index < -0.39 is 20.0 Å². The fourth-order valence-electron chi connectivity index (χ4n) is 4.49. The van der Waals surface area contributed by atoms with Gasteiger partial charge in [0, 0.05) is 0 Å². The van der Waals surface area contributed by atoms with Crippen LogP contribution in [0, 0.1) is 0 Å². The molecule has 6 aromatic rings. The molecule has 0 atom stereocenters. The van der Waals surface area contributed by atoms with E-state index >= 15 is 0 Å². The van der Waals surface area contributed by atoms with Gasteiger partial charge in [-0.15, -0.1) is 0 Å². The molecule has 2 N–H and O–H groups in total. The third kappa shape index (κ3) is 4.55. The Labute approximate surface area is 220 Å². The number of sulfonamides is 2. The lowest BCUT2D eigenvalue weighted by Crippen LogP contribution is -2.17. The van der Waals surface area contributed by atoms with Crippen LogP contribution in [0.5, 0.6) is 0 Å². The molecule has 0 aliphatic rings. The molecule has 6 aromatic carbocycles. The summed E-state index contributed by atoms with van der Waals surface area (Å²) in [6.45, 7) is 0. The van der Waals surface area contributed by atoms with Crippen LogP contribution in [0.3, 0.4) is 0 Å². The van der Waals surface area contributed by atoms with E-state index in [2.05, 4.69) is 9.44 Å². The maximum atomic E-state index is 13.4. The average molecular weight is 539 g/mol. The van der Waals surface area contributed by atoms with E-state index in [0.29, 0.717) is 0 Å². The fraction of sp³-hybridized carbons (Fsp3) is 0. The Morgan fingerprint density at radius 1 is 0.368 bits per heavy atom. The first-order valence-electron chi connectivity index (χ1n) is 11.8. The molecule has 0 spiro atoms. The zero-order valence-electron chi connectivity index (χ0n) is 20.0. The normalized spacial score (nSPS) is 12.1. The van der Waals surface area contributed by atoms with Gasteiger partial charge < -0.3 is 0 Å². The topological polar surface area (TPSA) is 92.3 Å². The maximum Gasteiger partial charge on any atom is 0.261 e. The van der Waals surface area contributed by atoms with Gasteiger partial charge in [-0.1, -0.05) is 84.9 Å². The van der Waals surface area contributed by atoms with E-state index in [-0.39, 0.29) is 21.2 Å². The van der Waals surface area contributed by atoms with Crippen molar-refractivity contribution < 1.29 is 16.8 Å². The number of anilines is 2. The molecule has 0 fully saturated rings. The molecule has 38 heavy (non-hydrogen) atoms. The number of benzene rings is 6. The Morgan fingerprint density at radius 3 is 1.05 bits per heavy atom. The van der Waals surface area contributed by atoms with E-state index in [1.807, 2.05) is 72.8 Å². The van der Waals surface area contributed by atoms with E-state index in [9.17, 15) is 16.8 Å². The first kappa shape index (κ1) is 24.0. The Morgan fingerprint density at radius 2 is 0.684 bits per heavy atom. The highest BCUT2D eigenvalue weighted by molar-refractivity contribution is 7.93. The molecule has 188 valence electrons. The van der Waals surface area contributed by atoms with Crippen molar-refractivity contribution in [1.29, 1.82) is 0 Å². The van der Waals surface area contributed by atoms with Crippen LogP contribution < -0.4 is 9.44 Å². The van der Waals surface area contributed by atoms with Gasteiger partial charge in [0.15, 0.2) is 0 Å². The van der Waals surface area contributed by atoms with E-state index in [1.54, 1.807) is 36.4 Å². The van der Waals surface area contributed by atoms with Crippen LogP contribution in [-0.4, -0.2) is 16.8 Å². The van der Waals surface area contributed by atoms with Crippen molar-refractivity contribution in [1.82, 2.24) is 0 Å². The predicted molar refractivity (Wildman–Crippen MR) is 153 cm³/mol. The minimum Gasteiger partial charge on any atom is -0.277 e. The van der Waals surface area contributed by atoms with Crippen LogP contribution in [0.2, 0.25) is 0 Å². The fourth-order valence-corrected chi connectivity index (χ4v) is 6.70. The molecule has 0 amide bonds. The van der Waals surface area contributed by atoms with Crippen LogP contribution >= 0.6 is 0 Å². The first-order chi connectivity index (χ1) is 18.3. The minimum absolute atomic E-state index is 0.0766. The van der Waals surface area contributed by atoms with Crippen LogP contribution in [0.25, 0.3) is 32.3 Å². The second-order valence-electron chi connectivity index (χ2n) is 8.97. The lowest BCUT2D eigenvalue weighted by atomic mass is 10.1. The third-order valence-electron chi connectivity index (χ3n) is 6.44. The molecule has 0 bridgehead atoms. The van der Waals surface area contributed by atoms with E-state index in [1.165, 1.54) is 12.1 Å². The van der Waals surface area contributed by atoms with Crippen molar-refractivity contribution >= 4 is 63.7 Å². The van der Waals surface area contributed by atoms with Crippen molar-refractivity contribution in [3.63, 3.8) is 0 Å². The molecule has 0 unspecified atom stereocenters. The number of rotatable bonds is 6. The summed E-state index contributed by atoms with van der Waals surface area (Å²) >= 11 is 0. The quantitative estimate of drug-likeness (QED) is 0.245. The third-order valence-corrected chi connectivity index (χ3v) is 9.16. The largest absolute Gasteiger partial charge is 0.277 e. The maximum absolute atomic E-state index is 13.4. The smallest absolute Gasteiger partial charge is 0.261 e. The van der Waals surface area contributed by atoms with Gasteiger partial charge >= 0.3 is 0 Å². The first-order valence-corrected chi connectivity index (χ1v) is 14.8. The summed E-state index contributed by atoms with van der Waals surface area (Å²) in [7, 11) is -8.06. The average Bonchev–Trinajstić information content (AvgIpc) is 2.92. The molecular weight excluding hydrogens is 516 g/mol. The minimum atomic E-state index is -4.03. The number of hydrogen-bond donors (Lipinski definition) is 2. The second-order valence-corrected chi connectivity index (χ2v) is 12.3. The Bertz CT molecular complexity index is 1920. The van der Waals surface area contributed by atoms with Crippen molar-refractivity contribution in [3.05, 3.63) is 121 Å². The summed E-state index contributed by atoms with van der Waals surface area (Å²) in [5, 5.41) is 4.92. The van der Waals surface area contributed by atoms with E-state index in [0.717, 1.165) is 32.3 Å². The lowest BCUT2D eigenvalue weighted by molar-refractivity contribution is 0.599. The second kappa shape index (κ2) is 9.16. The Balaban J connectivity index is 1.42. The van der Waals surface area contributed by atoms with Gasteiger partial charge in [-0.2, -0.15) is 0 Å². The molecule has 0 heterocycles. The van der Waals surface area contributed by atoms with Crippen LogP contribution in [-0.2, 0) is 20.0 Å². The van der Waals surface area contributed by atoms with Crippen molar-refractivity contribution in [2.75, 3.05) is 9.44 Å². The van der Waals surface area contributed by atoms with E-state index in [4.69, 9.17) is 0 Å². The van der Waals surface area contributed by atoms with Crippen molar-refractivity contribution in [2.24, 2.45) is 0 Å². The highest BCUT2D eigenvalue weighted by Gasteiger charge is 2.21. The molecule has 8 heteroatoms. The zero-order chi connectivity index (χ0) is 26.3. The molecule has 6 nitrogen and oxygen atoms in total. The molecule has 0 saturated carbocycles. The van der Waals surface area contributed by atoms with Gasteiger partial charge in [-0.05, 0) is 68.7 Å². The highest BCUT2D eigenvalue weighted by atomic mass is 32.2. The summed E-state index contributed by atoms with van der Waals surface area (Å²) in [6, 6.07) is 35.3. The number of hydrogen-bond acceptors (Lipinski definition) is 4. The summed E-state index contributed by atoms with van der Waals surface area (Å²) in [6.07, 6.45) is 0. The summed E-state index contributed by atoms with van der Waals surface area (Å²) < 4.78 is 58.9. The van der Waals surface area contributed by atoms with Crippen LogP contribution in [0.15, 0.2) is 131 Å². The molecule has 6 rings (SSSR count). The van der Waals surface area contributed by atoms with Crippen LogP contribution in [0.1, 0.15) is 0 Å². The van der Waals surface area contributed by atoms with Gasteiger partial charge in [0.1, 0.15) is 0 Å². The van der Waals surface area contributed by atoms with Gasteiger partial charge in [-0.25, -0.2) is 16.8 Å². The Hall–Kier alpha value is -4.40. The molecule has 0 aromatic heterocycles. The monoisotopic (exact) mass is 538 g/mol. The van der Waals surface area contributed by atoms with Gasteiger partial charge in [-0.3, -0.25) is 9.44 Å². The summed E-state index contributed by atoms with van der Waals surface area (Å²) in [4.78, 5) is 0.153. The number of fused-ring (bicyclic) bond motifs is 3. The van der Waals surface area contributed by atoms with Crippen molar-refractivity contribution in [3.8, 4) is 0 Å². The molecule has 0 aliphatic heterocycles. The SMILES string of the molecule is O=S(=O)(Nc1cc2ccccc2cc1NS(=O)(=O)c1ccc2ccccc2c1)c1ccc2ccccc2c1. The van der Waals surface area contributed by atoms with Gasteiger partial charge in [0.2, 0.25) is 0 Å². The summed E-state index contributed by atoms with van der Waals surface area (Å²) in [5.74, 6) is 0. The standard InChI is InChI=1S/C30H22N2O4S2/c33-37(34,27-15-13-21-7-1-3-9-23(21)17-27)31-29-19-25-11-5-6-12-26(25)20-30(29)32-38(35,36)28-16-14-22-8-2-4-10-24(22)18-28/h1-20,31-32H. The van der Waals surface area contributed by atoms with Crippen molar-refractivity contribution in [2.45, 2.75) is 9.79 Å². The van der Waals surface area contributed by atoms with Gasteiger partial charge in [0.05, 0.1) is 21.2 Å². The lowest BCUT2D eigenvalue weighted by Gasteiger charge is -2.16. The highest BCUT2D eigenvalue weighted by Crippen LogP contribution is 2.33. The molecule has 0 aliphatic carbocycles. The number of nitrogens with one attached hydrogen (secondary N) is 2. The zero-order valence-corrected chi connectivity index (χ0v) is 21.6. The predicted octanol–water partition coefficient (Wildman–Crippen LogP) is 6.75. The van der Waals surface area contributed by atoms with Gasteiger partial charge in [0.25, 0.3) is 20.0 Å². The summed E-state index contributed by atoms with van der Waals surface area (Å²) in [5.41, 5.74) is 0.252. The molecule has 0 radical (unpaired) electrons. The Kier molecular flexibility index (Phi) is 5.78. The molecular formula is C30H22N2O4S2.